The van der Waals surface area contributed by atoms with Crippen LogP contribution >= 0.6 is 11.8 Å². The number of carbonyl (C=O) groups excluding carboxylic acids is 1. The highest BCUT2D eigenvalue weighted by Crippen LogP contribution is 2.20. The molecule has 0 aliphatic rings. The van der Waals surface area contributed by atoms with Gasteiger partial charge >= 0.3 is 0 Å². The van der Waals surface area contributed by atoms with Crippen molar-refractivity contribution in [1.82, 2.24) is 19.7 Å². The zero-order valence-corrected chi connectivity index (χ0v) is 19.6. The molecule has 0 saturated carbocycles. The van der Waals surface area contributed by atoms with Crippen LogP contribution in [-0.2, 0) is 24.3 Å². The summed E-state index contributed by atoms with van der Waals surface area (Å²) < 4.78 is 2.07. The summed E-state index contributed by atoms with van der Waals surface area (Å²) in [6.45, 7) is 3.91. The van der Waals surface area contributed by atoms with Crippen molar-refractivity contribution in [1.29, 1.82) is 0 Å². The molecule has 4 rings (SSSR count). The van der Waals surface area contributed by atoms with Gasteiger partial charge in [-0.3, -0.25) is 4.79 Å². The molecular weight excluding hydrogens is 428 g/mol. The van der Waals surface area contributed by atoms with Gasteiger partial charge in [-0.25, -0.2) is 0 Å². The minimum Gasteiger partial charge on any atom is -0.337 e. The quantitative estimate of drug-likeness (QED) is 0.315. The van der Waals surface area contributed by atoms with Crippen LogP contribution in [0.2, 0.25) is 0 Å². The van der Waals surface area contributed by atoms with Crippen molar-refractivity contribution < 1.29 is 4.79 Å². The van der Waals surface area contributed by atoms with Crippen LogP contribution in [0, 0.1) is 6.92 Å². The number of aromatic nitrogens is 3. The number of nitrogens with zero attached hydrogens (tertiary/aromatic N) is 4. The molecule has 0 saturated heterocycles. The topological polar surface area (TPSA) is 51.0 Å². The van der Waals surface area contributed by atoms with Crippen molar-refractivity contribution in [3.63, 3.8) is 0 Å². The molecule has 0 fully saturated rings. The Balaban J connectivity index is 1.43. The average Bonchev–Trinajstić information content (AvgIpc) is 3.21. The lowest BCUT2D eigenvalue weighted by Gasteiger charge is -2.23. The van der Waals surface area contributed by atoms with Crippen LogP contribution in [0.5, 0.6) is 0 Å². The Labute approximate surface area is 199 Å². The molecule has 0 aliphatic carbocycles. The number of thioether (sulfide) groups is 1. The zero-order chi connectivity index (χ0) is 22.9. The summed E-state index contributed by atoms with van der Waals surface area (Å²) >= 11 is 1.45. The Morgan fingerprint density at radius 3 is 2.03 bits per heavy atom. The molecular formula is C27H28N4OS. The van der Waals surface area contributed by atoms with Crippen molar-refractivity contribution in [2.45, 2.75) is 31.6 Å². The molecule has 1 aromatic heterocycles. The van der Waals surface area contributed by atoms with Gasteiger partial charge in [0.25, 0.3) is 0 Å². The van der Waals surface area contributed by atoms with Crippen LogP contribution in [0.25, 0.3) is 0 Å². The predicted octanol–water partition coefficient (Wildman–Crippen LogP) is 5.00. The maximum atomic E-state index is 13.3. The van der Waals surface area contributed by atoms with Crippen molar-refractivity contribution in [2.75, 3.05) is 12.3 Å². The summed E-state index contributed by atoms with van der Waals surface area (Å²) in [7, 11) is 0. The molecule has 0 radical (unpaired) electrons. The maximum absolute atomic E-state index is 13.3. The highest BCUT2D eigenvalue weighted by atomic mass is 32.2. The fourth-order valence-electron chi connectivity index (χ4n) is 3.64. The first-order valence-corrected chi connectivity index (χ1v) is 12.1. The van der Waals surface area contributed by atoms with Gasteiger partial charge in [0.15, 0.2) is 5.16 Å². The standard InChI is InChI=1S/C27H28N4OS/c1-22-28-29-27(31(22)20-25-15-9-4-10-16-25)33-21-26(32)30(19-24-13-7-3-8-14-24)18-17-23-11-5-2-6-12-23/h2-16H,17-21H2,1H3. The third-order valence-corrected chi connectivity index (χ3v) is 6.44. The van der Waals surface area contributed by atoms with E-state index in [1.807, 2.05) is 66.4 Å². The van der Waals surface area contributed by atoms with E-state index in [9.17, 15) is 4.79 Å². The molecule has 1 amide bonds. The van der Waals surface area contributed by atoms with Gasteiger partial charge in [0, 0.05) is 13.1 Å². The summed E-state index contributed by atoms with van der Waals surface area (Å²) in [5, 5.41) is 9.34. The SMILES string of the molecule is Cc1nnc(SCC(=O)N(CCc2ccccc2)Cc2ccccc2)n1Cc1ccccc1. The Bertz CT molecular complexity index is 1150. The number of benzene rings is 3. The fraction of sp³-hybridized carbons (Fsp3) is 0.222. The molecule has 0 bridgehead atoms. The predicted molar refractivity (Wildman–Crippen MR) is 133 cm³/mol. The minimum absolute atomic E-state index is 0.103. The second-order valence-corrected chi connectivity index (χ2v) is 8.87. The van der Waals surface area contributed by atoms with E-state index in [1.54, 1.807) is 0 Å². The van der Waals surface area contributed by atoms with E-state index in [0.717, 1.165) is 23.0 Å². The van der Waals surface area contributed by atoms with Gasteiger partial charge in [0.05, 0.1) is 12.3 Å². The number of rotatable bonds is 10. The summed E-state index contributed by atoms with van der Waals surface area (Å²) in [4.78, 5) is 15.2. The lowest BCUT2D eigenvalue weighted by molar-refractivity contribution is -0.128. The minimum atomic E-state index is 0.103. The van der Waals surface area contributed by atoms with Gasteiger partial charge < -0.3 is 9.47 Å². The van der Waals surface area contributed by atoms with Gasteiger partial charge in [0.1, 0.15) is 5.82 Å². The van der Waals surface area contributed by atoms with E-state index >= 15 is 0 Å². The number of hydrogen-bond donors (Lipinski definition) is 0. The Kier molecular flexibility index (Phi) is 7.93. The molecule has 1 heterocycles. The summed E-state index contributed by atoms with van der Waals surface area (Å²) in [5.41, 5.74) is 3.54. The number of amides is 1. The highest BCUT2D eigenvalue weighted by Gasteiger charge is 2.17. The van der Waals surface area contributed by atoms with Crippen molar-refractivity contribution in [2.24, 2.45) is 0 Å². The van der Waals surface area contributed by atoms with E-state index in [2.05, 4.69) is 51.2 Å². The van der Waals surface area contributed by atoms with E-state index in [1.165, 1.54) is 22.9 Å². The average molecular weight is 457 g/mol. The Hall–Kier alpha value is -3.38. The third kappa shape index (κ3) is 6.56. The van der Waals surface area contributed by atoms with E-state index < -0.39 is 0 Å². The molecule has 0 atom stereocenters. The van der Waals surface area contributed by atoms with Crippen LogP contribution in [0.15, 0.2) is 96.2 Å². The van der Waals surface area contributed by atoms with E-state index in [0.29, 0.717) is 25.4 Å². The lowest BCUT2D eigenvalue weighted by Crippen LogP contribution is -2.34. The van der Waals surface area contributed by atoms with Gasteiger partial charge in [-0.2, -0.15) is 0 Å². The molecule has 168 valence electrons. The molecule has 0 aliphatic heterocycles. The van der Waals surface area contributed by atoms with Crippen LogP contribution < -0.4 is 0 Å². The first-order chi connectivity index (χ1) is 16.2. The third-order valence-electron chi connectivity index (χ3n) is 5.49. The second kappa shape index (κ2) is 11.5. The number of aryl methyl sites for hydroxylation is 1. The van der Waals surface area contributed by atoms with Gasteiger partial charge in [-0.05, 0) is 30.0 Å². The van der Waals surface area contributed by atoms with Crippen molar-refractivity contribution in [3.8, 4) is 0 Å². The normalized spacial score (nSPS) is 10.8. The second-order valence-electron chi connectivity index (χ2n) is 7.93. The van der Waals surface area contributed by atoms with Crippen LogP contribution in [-0.4, -0.2) is 37.9 Å². The first-order valence-electron chi connectivity index (χ1n) is 11.1. The number of carbonyl (C=O) groups is 1. The molecule has 0 unspecified atom stereocenters. The summed E-state index contributed by atoms with van der Waals surface area (Å²) in [6, 6.07) is 30.7. The maximum Gasteiger partial charge on any atom is 0.233 e. The van der Waals surface area contributed by atoms with Gasteiger partial charge in [0.2, 0.25) is 5.91 Å². The Morgan fingerprint density at radius 1 is 0.818 bits per heavy atom. The first kappa shape index (κ1) is 22.8. The molecule has 0 spiro atoms. The smallest absolute Gasteiger partial charge is 0.233 e. The van der Waals surface area contributed by atoms with Crippen molar-refractivity contribution >= 4 is 17.7 Å². The summed E-state index contributed by atoms with van der Waals surface area (Å²) in [5.74, 6) is 1.28. The van der Waals surface area contributed by atoms with E-state index in [-0.39, 0.29) is 5.91 Å². The van der Waals surface area contributed by atoms with Gasteiger partial charge in [-0.15, -0.1) is 10.2 Å². The highest BCUT2D eigenvalue weighted by molar-refractivity contribution is 7.99. The fourth-order valence-corrected chi connectivity index (χ4v) is 4.52. The molecule has 0 N–H and O–H groups in total. The van der Waals surface area contributed by atoms with Crippen LogP contribution in [0.1, 0.15) is 22.5 Å². The number of hydrogen-bond acceptors (Lipinski definition) is 4. The van der Waals surface area contributed by atoms with Crippen LogP contribution in [0.4, 0.5) is 0 Å². The largest absolute Gasteiger partial charge is 0.337 e. The molecule has 6 heteroatoms. The van der Waals surface area contributed by atoms with Crippen LogP contribution in [0.3, 0.4) is 0 Å². The molecule has 3 aromatic carbocycles. The van der Waals surface area contributed by atoms with E-state index in [4.69, 9.17) is 0 Å². The molecule has 4 aromatic rings. The monoisotopic (exact) mass is 456 g/mol. The zero-order valence-electron chi connectivity index (χ0n) is 18.8. The lowest BCUT2D eigenvalue weighted by atomic mass is 10.1. The molecule has 5 nitrogen and oxygen atoms in total. The summed E-state index contributed by atoms with van der Waals surface area (Å²) in [6.07, 6.45) is 0.827. The van der Waals surface area contributed by atoms with Crippen molar-refractivity contribution in [3.05, 3.63) is 114 Å². The Morgan fingerprint density at radius 2 is 1.39 bits per heavy atom. The molecule has 33 heavy (non-hydrogen) atoms. The van der Waals surface area contributed by atoms with Gasteiger partial charge in [-0.1, -0.05) is 103 Å².